The van der Waals surface area contributed by atoms with E-state index in [2.05, 4.69) is 15.3 Å². The van der Waals surface area contributed by atoms with Crippen LogP contribution in [0.5, 0.6) is 5.75 Å². The number of amides is 1. The number of aromatic nitrogens is 2. The van der Waals surface area contributed by atoms with Gasteiger partial charge >= 0.3 is 6.18 Å². The molecule has 0 fully saturated rings. The second-order valence-corrected chi connectivity index (χ2v) is 7.13. The molecule has 0 saturated carbocycles. The van der Waals surface area contributed by atoms with Gasteiger partial charge in [0.15, 0.2) is 0 Å². The Morgan fingerprint density at radius 3 is 2.69 bits per heavy atom. The van der Waals surface area contributed by atoms with Gasteiger partial charge < -0.3 is 10.1 Å². The van der Waals surface area contributed by atoms with Gasteiger partial charge in [-0.05, 0) is 30.7 Å². The van der Waals surface area contributed by atoms with Crippen molar-refractivity contribution in [1.29, 1.82) is 0 Å². The number of rotatable bonds is 7. The first-order valence-electron chi connectivity index (χ1n) is 8.76. The Kier molecular flexibility index (Phi) is 6.58. The number of nitrogens with zero attached hydrogens (tertiary/aromatic N) is 2. The number of fused-ring (bicyclic) bond motifs is 1. The molecule has 0 spiro atoms. The molecule has 1 amide bonds. The van der Waals surface area contributed by atoms with Gasteiger partial charge in [0.25, 0.3) is 0 Å². The summed E-state index contributed by atoms with van der Waals surface area (Å²) in [5.41, 5.74) is 1.25. The van der Waals surface area contributed by atoms with Gasteiger partial charge in [-0.2, -0.15) is 13.2 Å². The molecule has 3 rings (SSSR count). The molecule has 152 valence electrons. The van der Waals surface area contributed by atoms with Gasteiger partial charge in [0.2, 0.25) is 11.7 Å². The van der Waals surface area contributed by atoms with Gasteiger partial charge in [-0.25, -0.2) is 9.97 Å². The molecule has 1 aromatic heterocycles. The van der Waals surface area contributed by atoms with Crippen LogP contribution in [0.2, 0.25) is 0 Å². The van der Waals surface area contributed by atoms with Crippen molar-refractivity contribution in [2.45, 2.75) is 18.1 Å². The second-order valence-electron chi connectivity index (χ2n) is 6.17. The average Bonchev–Trinajstić information content (AvgIpc) is 2.68. The molecule has 0 radical (unpaired) electrons. The van der Waals surface area contributed by atoms with Crippen molar-refractivity contribution in [2.24, 2.45) is 0 Å². The van der Waals surface area contributed by atoms with E-state index in [1.807, 2.05) is 31.2 Å². The normalized spacial score (nSPS) is 11.4. The lowest BCUT2D eigenvalue weighted by molar-refractivity contribution is -0.145. The lowest BCUT2D eigenvalue weighted by Gasteiger charge is -2.11. The van der Waals surface area contributed by atoms with Gasteiger partial charge in [0, 0.05) is 5.39 Å². The highest BCUT2D eigenvalue weighted by Crippen LogP contribution is 2.31. The van der Waals surface area contributed by atoms with Gasteiger partial charge in [0.1, 0.15) is 17.4 Å². The first-order valence-corrected chi connectivity index (χ1v) is 9.74. The van der Waals surface area contributed by atoms with Crippen LogP contribution in [0.25, 0.3) is 10.9 Å². The summed E-state index contributed by atoms with van der Waals surface area (Å²) in [7, 11) is 0. The zero-order valence-corrected chi connectivity index (χ0v) is 16.3. The minimum atomic E-state index is -4.66. The van der Waals surface area contributed by atoms with Gasteiger partial charge in [0.05, 0.1) is 17.8 Å². The van der Waals surface area contributed by atoms with E-state index in [0.29, 0.717) is 11.1 Å². The van der Waals surface area contributed by atoms with Crippen molar-refractivity contribution >= 4 is 28.6 Å². The molecule has 0 saturated heterocycles. The minimum Gasteiger partial charge on any atom is -0.492 e. The lowest BCUT2D eigenvalue weighted by Crippen LogP contribution is -2.29. The summed E-state index contributed by atoms with van der Waals surface area (Å²) in [5.74, 6) is -0.895. The van der Waals surface area contributed by atoms with E-state index in [-0.39, 0.29) is 35.4 Å². The van der Waals surface area contributed by atoms with Crippen molar-refractivity contribution in [2.75, 3.05) is 18.9 Å². The van der Waals surface area contributed by atoms with Crippen LogP contribution in [-0.4, -0.2) is 34.8 Å². The maximum atomic E-state index is 13.0. The number of hydrogen-bond donors (Lipinski definition) is 1. The largest absolute Gasteiger partial charge is 0.492 e. The van der Waals surface area contributed by atoms with Crippen molar-refractivity contribution in [3.05, 3.63) is 59.9 Å². The van der Waals surface area contributed by atoms with Crippen LogP contribution in [0, 0.1) is 6.92 Å². The zero-order valence-electron chi connectivity index (χ0n) is 15.5. The Morgan fingerprint density at radius 2 is 1.93 bits per heavy atom. The summed E-state index contributed by atoms with van der Waals surface area (Å²) in [5, 5.41) is 3.27. The third-order valence-electron chi connectivity index (χ3n) is 3.84. The standard InChI is InChI=1S/C20H18F3N3O2S/c1-13-5-4-6-14(11-13)28-10-9-24-17(27)12-29-18-15-7-2-3-8-16(15)25-19(26-18)20(21,22)23/h2-8,11H,9-10,12H2,1H3,(H,24,27). The lowest BCUT2D eigenvalue weighted by atomic mass is 10.2. The van der Waals surface area contributed by atoms with Gasteiger partial charge in [-0.15, -0.1) is 0 Å². The Labute approximate surface area is 169 Å². The average molecular weight is 421 g/mol. The molecule has 0 aliphatic rings. The highest BCUT2D eigenvalue weighted by molar-refractivity contribution is 8.00. The van der Waals surface area contributed by atoms with E-state index in [9.17, 15) is 18.0 Å². The Morgan fingerprint density at radius 1 is 1.14 bits per heavy atom. The zero-order chi connectivity index (χ0) is 20.9. The summed E-state index contributed by atoms with van der Waals surface area (Å²) >= 11 is 0.941. The van der Waals surface area contributed by atoms with Crippen molar-refractivity contribution in [1.82, 2.24) is 15.3 Å². The first kappa shape index (κ1) is 20.9. The number of thioether (sulfide) groups is 1. The monoisotopic (exact) mass is 421 g/mol. The van der Waals surface area contributed by atoms with Crippen LogP contribution < -0.4 is 10.1 Å². The molecule has 0 bridgehead atoms. The summed E-state index contributed by atoms with van der Waals surface area (Å²) in [6.45, 7) is 2.52. The maximum Gasteiger partial charge on any atom is 0.451 e. The summed E-state index contributed by atoms with van der Waals surface area (Å²) in [4.78, 5) is 19.2. The number of ether oxygens (including phenoxy) is 1. The van der Waals surface area contributed by atoms with E-state index in [1.54, 1.807) is 18.2 Å². The molecular weight excluding hydrogens is 403 g/mol. The fourth-order valence-electron chi connectivity index (χ4n) is 2.53. The Hall–Kier alpha value is -2.81. The van der Waals surface area contributed by atoms with Crippen LogP contribution in [0.4, 0.5) is 13.2 Å². The van der Waals surface area contributed by atoms with Crippen molar-refractivity contribution in [3.8, 4) is 5.75 Å². The number of hydrogen-bond acceptors (Lipinski definition) is 5. The number of para-hydroxylation sites is 1. The molecule has 1 heterocycles. The molecule has 0 atom stereocenters. The number of carbonyl (C=O) groups excluding carboxylic acids is 1. The molecule has 0 aliphatic carbocycles. The first-order chi connectivity index (χ1) is 13.8. The second kappa shape index (κ2) is 9.13. The molecule has 5 nitrogen and oxygen atoms in total. The number of aryl methyl sites for hydroxylation is 1. The van der Waals surface area contributed by atoms with Crippen LogP contribution in [0.3, 0.4) is 0 Å². The number of alkyl halides is 3. The van der Waals surface area contributed by atoms with Crippen LogP contribution >= 0.6 is 11.8 Å². The van der Waals surface area contributed by atoms with E-state index in [4.69, 9.17) is 4.74 Å². The molecule has 9 heteroatoms. The van der Waals surface area contributed by atoms with Crippen LogP contribution in [-0.2, 0) is 11.0 Å². The van der Waals surface area contributed by atoms with E-state index in [1.165, 1.54) is 6.07 Å². The van der Waals surface area contributed by atoms with Gasteiger partial charge in [-0.1, -0.05) is 42.1 Å². The van der Waals surface area contributed by atoms with E-state index < -0.39 is 12.0 Å². The fraction of sp³-hybridized carbons (Fsp3) is 0.250. The predicted molar refractivity (Wildman–Crippen MR) is 105 cm³/mol. The molecule has 0 aliphatic heterocycles. The highest BCUT2D eigenvalue weighted by atomic mass is 32.2. The van der Waals surface area contributed by atoms with E-state index in [0.717, 1.165) is 17.3 Å². The van der Waals surface area contributed by atoms with Crippen molar-refractivity contribution in [3.63, 3.8) is 0 Å². The number of halogens is 3. The van der Waals surface area contributed by atoms with Crippen molar-refractivity contribution < 1.29 is 22.7 Å². The smallest absolute Gasteiger partial charge is 0.451 e. The molecule has 1 N–H and O–H groups in total. The molecule has 2 aromatic carbocycles. The maximum absolute atomic E-state index is 13.0. The number of nitrogens with one attached hydrogen (secondary N) is 1. The Balaban J connectivity index is 1.56. The number of benzene rings is 2. The topological polar surface area (TPSA) is 64.1 Å². The molecule has 3 aromatic rings. The molecular formula is C20H18F3N3O2S. The summed E-state index contributed by atoms with van der Waals surface area (Å²) in [6, 6.07) is 13.9. The molecule has 0 unspecified atom stereocenters. The van der Waals surface area contributed by atoms with Crippen LogP contribution in [0.1, 0.15) is 11.4 Å². The number of carbonyl (C=O) groups is 1. The van der Waals surface area contributed by atoms with Crippen LogP contribution in [0.15, 0.2) is 53.6 Å². The van der Waals surface area contributed by atoms with E-state index >= 15 is 0 Å². The van der Waals surface area contributed by atoms with Gasteiger partial charge in [-0.3, -0.25) is 4.79 Å². The Bertz CT molecular complexity index is 1010. The third kappa shape index (κ3) is 5.83. The SMILES string of the molecule is Cc1cccc(OCCNC(=O)CSc2nc(C(F)(F)F)nc3ccccc23)c1. The predicted octanol–water partition coefficient (Wildman–Crippen LogP) is 4.24. The third-order valence-corrected chi connectivity index (χ3v) is 4.84. The fourth-order valence-corrected chi connectivity index (χ4v) is 3.38. The summed E-state index contributed by atoms with van der Waals surface area (Å²) in [6.07, 6.45) is -4.66. The minimum absolute atomic E-state index is 0.0667. The highest BCUT2D eigenvalue weighted by Gasteiger charge is 2.35. The molecule has 29 heavy (non-hydrogen) atoms. The quantitative estimate of drug-likeness (QED) is 0.351. The summed E-state index contributed by atoms with van der Waals surface area (Å²) < 4.78 is 44.7.